The van der Waals surface area contributed by atoms with E-state index < -0.39 is 12.7 Å². The maximum atomic E-state index is 12.3. The molecule has 0 aliphatic rings. The third kappa shape index (κ3) is 4.56. The van der Waals surface area contributed by atoms with Gasteiger partial charge in [0.05, 0.1) is 6.61 Å². The summed E-state index contributed by atoms with van der Waals surface area (Å²) in [6, 6.07) is 0. The van der Waals surface area contributed by atoms with Gasteiger partial charge in [-0.3, -0.25) is 0 Å². The molecule has 0 saturated heterocycles. The number of aromatic nitrogens is 2. The Labute approximate surface area is 97.1 Å². The first-order valence-electron chi connectivity index (χ1n) is 5.19. The SMILES string of the molecule is CCCN(CC(F)(F)F)c1ncc(CO)cn1. The van der Waals surface area contributed by atoms with Gasteiger partial charge in [-0.2, -0.15) is 13.2 Å². The molecule has 0 saturated carbocycles. The normalized spacial score (nSPS) is 11.6. The van der Waals surface area contributed by atoms with E-state index in [0.717, 1.165) is 4.90 Å². The van der Waals surface area contributed by atoms with Crippen LogP contribution in [0.25, 0.3) is 0 Å². The van der Waals surface area contributed by atoms with Gasteiger partial charge in [-0.25, -0.2) is 9.97 Å². The topological polar surface area (TPSA) is 49.2 Å². The highest BCUT2D eigenvalue weighted by Gasteiger charge is 2.31. The van der Waals surface area contributed by atoms with Gasteiger partial charge in [0, 0.05) is 24.5 Å². The first-order valence-corrected chi connectivity index (χ1v) is 5.19. The largest absolute Gasteiger partial charge is 0.406 e. The standard InChI is InChI=1S/C10H14F3N3O/c1-2-3-16(7-10(11,12)13)9-14-4-8(6-17)5-15-9/h4-5,17H,2-3,6-7H2,1H3. The van der Waals surface area contributed by atoms with Gasteiger partial charge in [0.25, 0.3) is 0 Å². The van der Waals surface area contributed by atoms with Crippen LogP contribution in [0.3, 0.4) is 0 Å². The zero-order valence-corrected chi connectivity index (χ0v) is 9.41. The summed E-state index contributed by atoms with van der Waals surface area (Å²) in [7, 11) is 0. The summed E-state index contributed by atoms with van der Waals surface area (Å²) in [4.78, 5) is 8.69. The quantitative estimate of drug-likeness (QED) is 0.863. The van der Waals surface area contributed by atoms with Gasteiger partial charge in [-0.05, 0) is 6.42 Å². The first-order chi connectivity index (χ1) is 7.96. The molecule has 0 unspecified atom stereocenters. The molecule has 0 bridgehead atoms. The summed E-state index contributed by atoms with van der Waals surface area (Å²) in [5.74, 6) is 0.0291. The Hall–Kier alpha value is -1.37. The summed E-state index contributed by atoms with van der Waals surface area (Å²) in [5.41, 5.74) is 0.470. The second-order valence-electron chi connectivity index (χ2n) is 3.59. The number of halogens is 3. The zero-order chi connectivity index (χ0) is 12.9. The van der Waals surface area contributed by atoms with E-state index in [2.05, 4.69) is 9.97 Å². The number of rotatable bonds is 5. The van der Waals surface area contributed by atoms with Crippen molar-refractivity contribution >= 4 is 5.95 Å². The smallest absolute Gasteiger partial charge is 0.392 e. The van der Waals surface area contributed by atoms with Crippen molar-refractivity contribution in [1.82, 2.24) is 9.97 Å². The molecular weight excluding hydrogens is 235 g/mol. The molecule has 1 aromatic heterocycles. The number of nitrogens with zero attached hydrogens (tertiary/aromatic N) is 3. The van der Waals surface area contributed by atoms with Crippen LogP contribution < -0.4 is 4.90 Å². The zero-order valence-electron chi connectivity index (χ0n) is 9.41. The summed E-state index contributed by atoms with van der Waals surface area (Å²) < 4.78 is 37.0. The van der Waals surface area contributed by atoms with E-state index in [1.165, 1.54) is 12.4 Å². The van der Waals surface area contributed by atoms with Gasteiger partial charge in [0.2, 0.25) is 5.95 Å². The molecule has 4 nitrogen and oxygen atoms in total. The summed E-state index contributed by atoms with van der Waals surface area (Å²) in [6.45, 7) is 0.718. The van der Waals surface area contributed by atoms with Crippen molar-refractivity contribution in [2.24, 2.45) is 0 Å². The molecular formula is C10H14F3N3O. The lowest BCUT2D eigenvalue weighted by atomic mass is 10.3. The van der Waals surface area contributed by atoms with E-state index in [-0.39, 0.29) is 19.1 Å². The van der Waals surface area contributed by atoms with Crippen molar-refractivity contribution < 1.29 is 18.3 Å². The lowest BCUT2D eigenvalue weighted by Gasteiger charge is -2.23. The van der Waals surface area contributed by atoms with Crippen molar-refractivity contribution in [1.29, 1.82) is 0 Å². The number of hydrogen-bond acceptors (Lipinski definition) is 4. The molecule has 1 aromatic rings. The first kappa shape index (κ1) is 13.7. The molecule has 96 valence electrons. The number of alkyl halides is 3. The second kappa shape index (κ2) is 5.81. The lowest BCUT2D eigenvalue weighted by molar-refractivity contribution is -0.119. The van der Waals surface area contributed by atoms with Crippen LogP contribution in [0.15, 0.2) is 12.4 Å². The highest BCUT2D eigenvalue weighted by atomic mass is 19.4. The monoisotopic (exact) mass is 249 g/mol. The average molecular weight is 249 g/mol. The van der Waals surface area contributed by atoms with Gasteiger partial charge >= 0.3 is 6.18 Å². The molecule has 0 atom stereocenters. The summed E-state index contributed by atoms with van der Waals surface area (Å²) in [6.07, 6.45) is -1.07. The summed E-state index contributed by atoms with van der Waals surface area (Å²) in [5, 5.41) is 8.78. The molecule has 7 heteroatoms. The fourth-order valence-electron chi connectivity index (χ4n) is 1.33. The molecule has 0 aliphatic heterocycles. The molecule has 0 aromatic carbocycles. The molecule has 1 N–H and O–H groups in total. The molecule has 17 heavy (non-hydrogen) atoms. The third-order valence-corrected chi connectivity index (χ3v) is 2.02. The van der Waals surface area contributed by atoms with Crippen LogP contribution in [0.5, 0.6) is 0 Å². The third-order valence-electron chi connectivity index (χ3n) is 2.02. The maximum Gasteiger partial charge on any atom is 0.406 e. The van der Waals surface area contributed by atoms with E-state index >= 15 is 0 Å². The number of anilines is 1. The van der Waals surface area contributed by atoms with Crippen LogP contribution in [0, 0.1) is 0 Å². The van der Waals surface area contributed by atoms with E-state index in [9.17, 15) is 13.2 Å². The van der Waals surface area contributed by atoms with Crippen LogP contribution in [-0.4, -0.2) is 34.3 Å². The van der Waals surface area contributed by atoms with Crippen molar-refractivity contribution in [3.8, 4) is 0 Å². The van der Waals surface area contributed by atoms with E-state index in [0.29, 0.717) is 12.0 Å². The van der Waals surface area contributed by atoms with E-state index in [4.69, 9.17) is 5.11 Å². The Bertz CT molecular complexity index is 340. The fourth-order valence-corrected chi connectivity index (χ4v) is 1.33. The van der Waals surface area contributed by atoms with E-state index in [1.807, 2.05) is 0 Å². The Balaban J connectivity index is 2.81. The number of aliphatic hydroxyl groups is 1. The van der Waals surface area contributed by atoms with Crippen LogP contribution >= 0.6 is 0 Å². The van der Waals surface area contributed by atoms with Crippen LogP contribution in [0.2, 0.25) is 0 Å². The average Bonchev–Trinajstić information content (AvgIpc) is 2.27. The molecule has 0 radical (unpaired) electrons. The van der Waals surface area contributed by atoms with Crippen molar-refractivity contribution in [2.45, 2.75) is 26.1 Å². The molecule has 0 spiro atoms. The van der Waals surface area contributed by atoms with Crippen molar-refractivity contribution in [2.75, 3.05) is 18.0 Å². The van der Waals surface area contributed by atoms with Crippen LogP contribution in [-0.2, 0) is 6.61 Å². The van der Waals surface area contributed by atoms with E-state index in [1.54, 1.807) is 6.92 Å². The van der Waals surface area contributed by atoms with Crippen LogP contribution in [0.1, 0.15) is 18.9 Å². The highest BCUT2D eigenvalue weighted by molar-refractivity contribution is 5.30. The molecule has 1 rings (SSSR count). The maximum absolute atomic E-state index is 12.3. The van der Waals surface area contributed by atoms with Gasteiger partial charge < -0.3 is 10.0 Å². The highest BCUT2D eigenvalue weighted by Crippen LogP contribution is 2.19. The Morgan fingerprint density at radius 1 is 1.29 bits per heavy atom. The molecule has 1 heterocycles. The molecule has 0 aliphatic carbocycles. The second-order valence-corrected chi connectivity index (χ2v) is 3.59. The minimum absolute atomic E-state index is 0.0291. The molecule has 0 fully saturated rings. The summed E-state index contributed by atoms with van der Waals surface area (Å²) >= 11 is 0. The lowest BCUT2D eigenvalue weighted by Crippen LogP contribution is -2.36. The van der Waals surface area contributed by atoms with Crippen LogP contribution in [0.4, 0.5) is 19.1 Å². The van der Waals surface area contributed by atoms with Crippen molar-refractivity contribution in [3.63, 3.8) is 0 Å². The van der Waals surface area contributed by atoms with Gasteiger partial charge in [0.1, 0.15) is 6.54 Å². The van der Waals surface area contributed by atoms with Gasteiger partial charge in [-0.15, -0.1) is 0 Å². The molecule has 0 amide bonds. The van der Waals surface area contributed by atoms with Gasteiger partial charge in [-0.1, -0.05) is 6.92 Å². The number of aliphatic hydroxyl groups excluding tert-OH is 1. The van der Waals surface area contributed by atoms with Crippen molar-refractivity contribution in [3.05, 3.63) is 18.0 Å². The minimum Gasteiger partial charge on any atom is -0.392 e. The Morgan fingerprint density at radius 3 is 2.29 bits per heavy atom. The fraction of sp³-hybridized carbons (Fsp3) is 0.600. The number of hydrogen-bond donors (Lipinski definition) is 1. The van der Waals surface area contributed by atoms with Gasteiger partial charge in [0.15, 0.2) is 0 Å². The Kier molecular flexibility index (Phi) is 4.68. The minimum atomic E-state index is -4.28. The predicted octanol–water partition coefficient (Wildman–Crippen LogP) is 1.75. The predicted molar refractivity (Wildman–Crippen MR) is 56.5 cm³/mol. The Morgan fingerprint density at radius 2 is 1.88 bits per heavy atom.